The molecule has 0 aliphatic carbocycles. The molecule has 18 heavy (non-hydrogen) atoms. The Labute approximate surface area is 109 Å². The van der Waals surface area contributed by atoms with Gasteiger partial charge in [0.1, 0.15) is 11.9 Å². The van der Waals surface area contributed by atoms with Gasteiger partial charge in [0.25, 0.3) is 0 Å². The maximum absolute atomic E-state index is 14.4. The Kier molecular flexibility index (Phi) is 5.60. The zero-order valence-electron chi connectivity index (χ0n) is 11.7. The van der Waals surface area contributed by atoms with Crippen molar-refractivity contribution in [3.8, 4) is 5.75 Å². The Balaban J connectivity index is 2.88. The van der Waals surface area contributed by atoms with Crippen molar-refractivity contribution in [2.24, 2.45) is 17.6 Å². The Morgan fingerprint density at radius 1 is 1.22 bits per heavy atom. The van der Waals surface area contributed by atoms with Crippen LogP contribution in [0.25, 0.3) is 0 Å². The highest BCUT2D eigenvalue weighted by molar-refractivity contribution is 5.30. The summed E-state index contributed by atoms with van der Waals surface area (Å²) >= 11 is 0. The second kappa shape index (κ2) is 6.74. The van der Waals surface area contributed by atoms with Crippen LogP contribution >= 0.6 is 0 Å². The highest BCUT2D eigenvalue weighted by Crippen LogP contribution is 2.32. The average molecular weight is 253 g/mol. The van der Waals surface area contributed by atoms with E-state index in [-0.39, 0.29) is 17.9 Å². The lowest BCUT2D eigenvalue weighted by Gasteiger charge is -2.23. The van der Waals surface area contributed by atoms with Gasteiger partial charge in [-0.1, -0.05) is 26.0 Å². The van der Waals surface area contributed by atoms with Gasteiger partial charge in [0.15, 0.2) is 0 Å². The highest BCUT2D eigenvalue weighted by atomic mass is 19.1. The summed E-state index contributed by atoms with van der Waals surface area (Å²) in [5.74, 6) is 0.781. The first kappa shape index (κ1) is 15.0. The molecule has 2 atom stereocenters. The van der Waals surface area contributed by atoms with E-state index in [1.807, 2.05) is 39.8 Å². The summed E-state index contributed by atoms with van der Waals surface area (Å²) in [4.78, 5) is 0. The molecular formula is C15H24FNO. The molecule has 1 aromatic carbocycles. The maximum atomic E-state index is 14.4. The average Bonchev–Trinajstić information content (AvgIpc) is 2.28. The topological polar surface area (TPSA) is 35.2 Å². The summed E-state index contributed by atoms with van der Waals surface area (Å²) in [5.41, 5.74) is 6.31. The second-order valence-electron chi connectivity index (χ2n) is 5.28. The molecule has 2 nitrogen and oxygen atoms in total. The van der Waals surface area contributed by atoms with E-state index in [4.69, 9.17) is 10.5 Å². The van der Waals surface area contributed by atoms with Crippen LogP contribution in [-0.4, -0.2) is 12.6 Å². The fourth-order valence-corrected chi connectivity index (χ4v) is 2.01. The van der Waals surface area contributed by atoms with Gasteiger partial charge in [0.2, 0.25) is 0 Å². The molecule has 102 valence electrons. The van der Waals surface area contributed by atoms with Crippen molar-refractivity contribution in [2.45, 2.75) is 40.0 Å². The van der Waals surface area contributed by atoms with Crippen LogP contribution in [0.2, 0.25) is 0 Å². The van der Waals surface area contributed by atoms with E-state index in [0.717, 1.165) is 0 Å². The summed E-state index contributed by atoms with van der Waals surface area (Å²) in [6.07, 6.45) is -0.945. The monoisotopic (exact) mass is 253 g/mol. The Morgan fingerprint density at radius 2 is 1.89 bits per heavy atom. The molecule has 1 rings (SSSR count). The third-order valence-corrected chi connectivity index (χ3v) is 3.05. The molecule has 0 heterocycles. The van der Waals surface area contributed by atoms with Crippen molar-refractivity contribution in [3.63, 3.8) is 0 Å². The van der Waals surface area contributed by atoms with Gasteiger partial charge >= 0.3 is 0 Å². The SMILES string of the molecule is CC(C)Oc1cccc(C(F)C(CN)C(C)C)c1. The number of hydrogen-bond donors (Lipinski definition) is 1. The minimum atomic E-state index is -1.04. The van der Waals surface area contributed by atoms with Crippen molar-refractivity contribution in [1.29, 1.82) is 0 Å². The van der Waals surface area contributed by atoms with E-state index < -0.39 is 6.17 Å². The van der Waals surface area contributed by atoms with Crippen LogP contribution in [0.3, 0.4) is 0 Å². The zero-order valence-corrected chi connectivity index (χ0v) is 11.7. The Morgan fingerprint density at radius 3 is 2.39 bits per heavy atom. The first-order valence-corrected chi connectivity index (χ1v) is 6.56. The molecule has 0 spiro atoms. The smallest absolute Gasteiger partial charge is 0.129 e. The Hall–Kier alpha value is -1.09. The minimum Gasteiger partial charge on any atom is -0.491 e. The predicted molar refractivity (Wildman–Crippen MR) is 73.4 cm³/mol. The van der Waals surface area contributed by atoms with Crippen LogP contribution in [0.1, 0.15) is 39.4 Å². The first-order valence-electron chi connectivity index (χ1n) is 6.56. The van der Waals surface area contributed by atoms with Crippen molar-refractivity contribution in [2.75, 3.05) is 6.54 Å². The van der Waals surface area contributed by atoms with E-state index in [1.165, 1.54) is 0 Å². The molecule has 0 amide bonds. The standard InChI is InChI=1S/C15H24FNO/c1-10(2)14(9-17)15(16)12-6-5-7-13(8-12)18-11(3)4/h5-8,10-11,14-15H,9,17H2,1-4H3. The summed E-state index contributed by atoms with van der Waals surface area (Å²) in [6, 6.07) is 7.25. The van der Waals surface area contributed by atoms with Crippen LogP contribution in [0, 0.1) is 11.8 Å². The van der Waals surface area contributed by atoms with Crippen molar-refractivity contribution in [1.82, 2.24) is 0 Å². The minimum absolute atomic E-state index is 0.0914. The van der Waals surface area contributed by atoms with Crippen molar-refractivity contribution >= 4 is 0 Å². The molecule has 0 saturated heterocycles. The number of hydrogen-bond acceptors (Lipinski definition) is 2. The molecule has 0 aromatic heterocycles. The fourth-order valence-electron chi connectivity index (χ4n) is 2.01. The van der Waals surface area contributed by atoms with Gasteiger partial charge in [-0.2, -0.15) is 0 Å². The summed E-state index contributed by atoms with van der Waals surface area (Å²) in [5, 5.41) is 0. The van der Waals surface area contributed by atoms with E-state index >= 15 is 0 Å². The van der Waals surface area contributed by atoms with Crippen molar-refractivity contribution in [3.05, 3.63) is 29.8 Å². The summed E-state index contributed by atoms with van der Waals surface area (Å²) in [6.45, 7) is 8.26. The van der Waals surface area contributed by atoms with Gasteiger partial charge in [0.05, 0.1) is 6.10 Å². The van der Waals surface area contributed by atoms with E-state index in [0.29, 0.717) is 17.9 Å². The molecule has 0 aliphatic heterocycles. The maximum Gasteiger partial charge on any atom is 0.129 e. The molecular weight excluding hydrogens is 229 g/mol. The third-order valence-electron chi connectivity index (χ3n) is 3.05. The lowest BCUT2D eigenvalue weighted by Crippen LogP contribution is -2.24. The van der Waals surface area contributed by atoms with Gasteiger partial charge in [-0.3, -0.25) is 0 Å². The summed E-state index contributed by atoms with van der Waals surface area (Å²) in [7, 11) is 0. The van der Waals surface area contributed by atoms with E-state index in [9.17, 15) is 4.39 Å². The lowest BCUT2D eigenvalue weighted by atomic mass is 9.87. The number of benzene rings is 1. The molecule has 0 saturated carbocycles. The van der Waals surface area contributed by atoms with Crippen LogP contribution in [0.4, 0.5) is 4.39 Å². The molecule has 0 radical (unpaired) electrons. The van der Waals surface area contributed by atoms with Gasteiger partial charge in [-0.25, -0.2) is 4.39 Å². The van der Waals surface area contributed by atoms with Crippen LogP contribution in [-0.2, 0) is 0 Å². The lowest BCUT2D eigenvalue weighted by molar-refractivity contribution is 0.187. The number of nitrogens with two attached hydrogens (primary N) is 1. The molecule has 0 fully saturated rings. The van der Waals surface area contributed by atoms with Gasteiger partial charge in [-0.15, -0.1) is 0 Å². The third kappa shape index (κ3) is 3.98. The van der Waals surface area contributed by atoms with Crippen LogP contribution < -0.4 is 10.5 Å². The van der Waals surface area contributed by atoms with Crippen LogP contribution in [0.5, 0.6) is 5.75 Å². The molecule has 2 N–H and O–H groups in total. The van der Waals surface area contributed by atoms with Gasteiger partial charge in [0, 0.05) is 5.92 Å². The van der Waals surface area contributed by atoms with E-state index in [1.54, 1.807) is 12.1 Å². The molecule has 0 aliphatic rings. The first-order chi connectivity index (χ1) is 8.45. The normalized spacial score (nSPS) is 14.9. The predicted octanol–water partition coefficient (Wildman–Crippen LogP) is 3.72. The number of ether oxygens (including phenoxy) is 1. The van der Waals surface area contributed by atoms with Gasteiger partial charge in [-0.05, 0) is 44.0 Å². The Bertz CT molecular complexity index is 365. The molecule has 1 aromatic rings. The van der Waals surface area contributed by atoms with Gasteiger partial charge < -0.3 is 10.5 Å². The van der Waals surface area contributed by atoms with Crippen LogP contribution in [0.15, 0.2) is 24.3 Å². The van der Waals surface area contributed by atoms with Crippen molar-refractivity contribution < 1.29 is 9.13 Å². The number of alkyl halides is 1. The molecule has 3 heteroatoms. The van der Waals surface area contributed by atoms with E-state index in [2.05, 4.69) is 0 Å². The molecule has 2 unspecified atom stereocenters. The number of rotatable bonds is 6. The molecule has 0 bridgehead atoms. The number of halogens is 1. The fraction of sp³-hybridized carbons (Fsp3) is 0.600. The largest absolute Gasteiger partial charge is 0.491 e. The quantitative estimate of drug-likeness (QED) is 0.838. The zero-order chi connectivity index (χ0) is 13.7. The summed E-state index contributed by atoms with van der Waals surface area (Å²) < 4.78 is 20.0. The highest BCUT2D eigenvalue weighted by Gasteiger charge is 2.24. The second-order valence-corrected chi connectivity index (χ2v) is 5.28.